The smallest absolute Gasteiger partial charge is 0.131 e. The van der Waals surface area contributed by atoms with Gasteiger partial charge >= 0.3 is 0 Å². The fourth-order valence-corrected chi connectivity index (χ4v) is 2.39. The molecule has 1 aromatic carbocycles. The van der Waals surface area contributed by atoms with Gasteiger partial charge in [0.25, 0.3) is 0 Å². The number of aromatic nitrogens is 1. The summed E-state index contributed by atoms with van der Waals surface area (Å²) < 4.78 is 13.2. The molecule has 1 aromatic heterocycles. The van der Waals surface area contributed by atoms with Crippen LogP contribution in [0.25, 0.3) is 0 Å². The third-order valence-corrected chi connectivity index (χ3v) is 3.58. The molecule has 0 N–H and O–H groups in total. The van der Waals surface area contributed by atoms with E-state index < -0.39 is 0 Å². The number of nitrogens with zero attached hydrogens (tertiary/aromatic N) is 2. The van der Waals surface area contributed by atoms with Crippen LogP contribution in [-0.4, -0.2) is 12.0 Å². The number of halogens is 2. The lowest BCUT2D eigenvalue weighted by Crippen LogP contribution is -2.19. The van der Waals surface area contributed by atoms with Crippen LogP contribution in [0.1, 0.15) is 16.7 Å². The third-order valence-electron chi connectivity index (χ3n) is 2.93. The third kappa shape index (κ3) is 3.53. The van der Waals surface area contributed by atoms with Crippen LogP contribution in [-0.2, 0) is 11.9 Å². The molecule has 0 amide bonds. The van der Waals surface area contributed by atoms with Gasteiger partial charge in [0.05, 0.1) is 0 Å². The SMILES string of the molecule is Cc1cc(CBr)cnc1N(C)Cc1cccc(F)c1. The van der Waals surface area contributed by atoms with E-state index in [0.717, 1.165) is 27.8 Å². The van der Waals surface area contributed by atoms with E-state index >= 15 is 0 Å². The standard InChI is InChI=1S/C15H16BrFN2/c1-11-6-13(8-16)9-18-15(11)19(2)10-12-4-3-5-14(17)7-12/h3-7,9H,8,10H2,1-2H3. The molecule has 0 saturated carbocycles. The van der Waals surface area contributed by atoms with E-state index in [1.54, 1.807) is 12.1 Å². The lowest BCUT2D eigenvalue weighted by Gasteiger charge is -2.20. The highest BCUT2D eigenvalue weighted by molar-refractivity contribution is 9.08. The van der Waals surface area contributed by atoms with Crippen molar-refractivity contribution in [3.05, 3.63) is 59.0 Å². The number of pyridine rings is 1. The minimum atomic E-state index is -0.204. The molecule has 0 atom stereocenters. The van der Waals surface area contributed by atoms with Gasteiger partial charge in [-0.05, 0) is 35.7 Å². The van der Waals surface area contributed by atoms with Gasteiger partial charge in [0.15, 0.2) is 0 Å². The molecule has 0 bridgehead atoms. The van der Waals surface area contributed by atoms with Gasteiger partial charge in [-0.2, -0.15) is 0 Å². The maximum absolute atomic E-state index is 13.2. The molecule has 0 saturated heterocycles. The zero-order valence-electron chi connectivity index (χ0n) is 11.0. The van der Waals surface area contributed by atoms with Gasteiger partial charge in [0.2, 0.25) is 0 Å². The average Bonchev–Trinajstić information content (AvgIpc) is 2.38. The summed E-state index contributed by atoms with van der Waals surface area (Å²) >= 11 is 3.42. The zero-order chi connectivity index (χ0) is 13.8. The summed E-state index contributed by atoms with van der Waals surface area (Å²) in [6, 6.07) is 8.77. The summed E-state index contributed by atoms with van der Waals surface area (Å²) in [5, 5.41) is 0.800. The number of alkyl halides is 1. The van der Waals surface area contributed by atoms with Crippen molar-refractivity contribution < 1.29 is 4.39 Å². The molecule has 2 aromatic rings. The first-order valence-corrected chi connectivity index (χ1v) is 7.19. The van der Waals surface area contributed by atoms with E-state index in [4.69, 9.17) is 0 Å². The largest absolute Gasteiger partial charge is 0.355 e. The normalized spacial score (nSPS) is 10.5. The van der Waals surface area contributed by atoms with Crippen molar-refractivity contribution >= 4 is 21.7 Å². The minimum Gasteiger partial charge on any atom is -0.355 e. The second-order valence-corrected chi connectivity index (χ2v) is 5.16. The number of hydrogen-bond acceptors (Lipinski definition) is 2. The van der Waals surface area contributed by atoms with Crippen LogP contribution in [0.5, 0.6) is 0 Å². The fraction of sp³-hybridized carbons (Fsp3) is 0.267. The van der Waals surface area contributed by atoms with E-state index in [1.165, 1.54) is 6.07 Å². The molecule has 19 heavy (non-hydrogen) atoms. The summed E-state index contributed by atoms with van der Waals surface area (Å²) in [5.74, 6) is 0.721. The van der Waals surface area contributed by atoms with Gasteiger partial charge in [-0.3, -0.25) is 0 Å². The van der Waals surface area contributed by atoms with Crippen molar-refractivity contribution in [2.24, 2.45) is 0 Å². The fourth-order valence-electron chi connectivity index (χ4n) is 2.08. The Balaban J connectivity index is 2.18. The molecule has 4 heteroatoms. The van der Waals surface area contributed by atoms with Gasteiger partial charge in [-0.1, -0.05) is 34.1 Å². The van der Waals surface area contributed by atoms with Crippen molar-refractivity contribution in [2.75, 3.05) is 11.9 Å². The second-order valence-electron chi connectivity index (χ2n) is 4.60. The van der Waals surface area contributed by atoms with Gasteiger partial charge in [0.1, 0.15) is 11.6 Å². The zero-order valence-corrected chi connectivity index (χ0v) is 12.6. The van der Waals surface area contributed by atoms with E-state index in [9.17, 15) is 4.39 Å². The Morgan fingerprint density at radius 2 is 2.05 bits per heavy atom. The highest BCUT2D eigenvalue weighted by atomic mass is 79.9. The van der Waals surface area contributed by atoms with E-state index in [0.29, 0.717) is 6.54 Å². The Labute approximate surface area is 121 Å². The second kappa shape index (κ2) is 6.15. The highest BCUT2D eigenvalue weighted by Crippen LogP contribution is 2.20. The van der Waals surface area contributed by atoms with Crippen LogP contribution in [0, 0.1) is 12.7 Å². The molecule has 100 valence electrons. The quantitative estimate of drug-likeness (QED) is 0.789. The van der Waals surface area contributed by atoms with Gasteiger partial charge < -0.3 is 4.90 Å². The first-order chi connectivity index (χ1) is 9.10. The van der Waals surface area contributed by atoms with E-state index in [-0.39, 0.29) is 5.82 Å². The summed E-state index contributed by atoms with van der Waals surface area (Å²) in [6.45, 7) is 2.68. The molecule has 1 heterocycles. The van der Waals surface area contributed by atoms with Crippen molar-refractivity contribution in [1.29, 1.82) is 0 Å². The number of anilines is 1. The van der Waals surface area contributed by atoms with Crippen LogP contribution >= 0.6 is 15.9 Å². The monoisotopic (exact) mass is 322 g/mol. The number of hydrogen-bond donors (Lipinski definition) is 0. The lowest BCUT2D eigenvalue weighted by atomic mass is 10.2. The predicted octanol–water partition coefficient (Wildman–Crippen LogP) is 4.06. The van der Waals surface area contributed by atoms with Gasteiger partial charge in [-0.15, -0.1) is 0 Å². The minimum absolute atomic E-state index is 0.204. The maximum Gasteiger partial charge on any atom is 0.131 e. The number of benzene rings is 1. The molecular formula is C15H16BrFN2. The van der Waals surface area contributed by atoms with Gasteiger partial charge in [0, 0.05) is 25.1 Å². The number of rotatable bonds is 4. The molecule has 2 nitrogen and oxygen atoms in total. The molecule has 0 aliphatic heterocycles. The van der Waals surface area contributed by atoms with Crippen LogP contribution in [0.2, 0.25) is 0 Å². The Morgan fingerprint density at radius 3 is 2.68 bits per heavy atom. The summed E-state index contributed by atoms with van der Waals surface area (Å²) in [5.41, 5.74) is 3.21. The molecule has 0 fully saturated rings. The van der Waals surface area contributed by atoms with Crippen LogP contribution in [0.3, 0.4) is 0 Å². The Kier molecular flexibility index (Phi) is 4.53. The predicted molar refractivity (Wildman–Crippen MR) is 80.1 cm³/mol. The Bertz CT molecular complexity index is 572. The first-order valence-electron chi connectivity index (χ1n) is 6.07. The molecule has 0 unspecified atom stereocenters. The summed E-state index contributed by atoms with van der Waals surface area (Å²) in [4.78, 5) is 6.50. The van der Waals surface area contributed by atoms with Gasteiger partial charge in [-0.25, -0.2) is 9.37 Å². The Hall–Kier alpha value is -1.42. The lowest BCUT2D eigenvalue weighted by molar-refractivity contribution is 0.625. The summed E-state index contributed by atoms with van der Waals surface area (Å²) in [7, 11) is 1.97. The van der Waals surface area contributed by atoms with Crippen LogP contribution in [0.4, 0.5) is 10.2 Å². The summed E-state index contributed by atoms with van der Waals surface area (Å²) in [6.07, 6.45) is 1.86. The molecule has 2 rings (SSSR count). The van der Waals surface area contributed by atoms with Crippen molar-refractivity contribution in [3.63, 3.8) is 0 Å². The van der Waals surface area contributed by atoms with E-state index in [2.05, 4.69) is 27.0 Å². The van der Waals surface area contributed by atoms with E-state index in [1.807, 2.05) is 31.1 Å². The molecule has 0 spiro atoms. The molecule has 0 aliphatic carbocycles. The van der Waals surface area contributed by atoms with Crippen LogP contribution < -0.4 is 4.90 Å². The highest BCUT2D eigenvalue weighted by Gasteiger charge is 2.08. The number of aryl methyl sites for hydroxylation is 1. The molecule has 0 radical (unpaired) electrons. The van der Waals surface area contributed by atoms with Crippen molar-refractivity contribution in [1.82, 2.24) is 4.98 Å². The Morgan fingerprint density at radius 1 is 1.26 bits per heavy atom. The van der Waals surface area contributed by atoms with Crippen LogP contribution in [0.15, 0.2) is 36.5 Å². The van der Waals surface area contributed by atoms with Crippen molar-refractivity contribution in [3.8, 4) is 0 Å². The average molecular weight is 323 g/mol. The molecule has 0 aliphatic rings. The maximum atomic E-state index is 13.2. The molecular weight excluding hydrogens is 307 g/mol. The van der Waals surface area contributed by atoms with Crippen molar-refractivity contribution in [2.45, 2.75) is 18.8 Å². The first kappa shape index (κ1) is 14.0. The topological polar surface area (TPSA) is 16.1 Å².